The highest BCUT2D eigenvalue weighted by Gasteiger charge is 2.24. The van der Waals surface area contributed by atoms with E-state index in [1.54, 1.807) is 12.1 Å². The largest absolute Gasteiger partial charge is 0.398 e. The second kappa shape index (κ2) is 7.06. The maximum atomic E-state index is 12.4. The maximum Gasteiger partial charge on any atom is 0.243 e. The molecular weight excluding hydrogens is 396 g/mol. The van der Waals surface area contributed by atoms with E-state index in [0.717, 1.165) is 23.7 Å². The standard InChI is InChI=1S/C12H18Br2N2O2S/c1-3-5-9(4-2)16-19(17,18)12-10(14)6-8(13)7-11(12)15/h6-7,9,16H,3-5,15H2,1-2H3. The van der Waals surface area contributed by atoms with Crippen molar-refractivity contribution in [3.05, 3.63) is 21.1 Å². The highest BCUT2D eigenvalue weighted by molar-refractivity contribution is 9.11. The molecule has 0 aromatic heterocycles. The van der Waals surface area contributed by atoms with Gasteiger partial charge in [0, 0.05) is 15.0 Å². The minimum Gasteiger partial charge on any atom is -0.398 e. The number of nitrogens with one attached hydrogen (secondary N) is 1. The molecule has 108 valence electrons. The van der Waals surface area contributed by atoms with E-state index < -0.39 is 10.0 Å². The van der Waals surface area contributed by atoms with Gasteiger partial charge in [-0.1, -0.05) is 36.2 Å². The third kappa shape index (κ3) is 4.44. The number of sulfonamides is 1. The van der Waals surface area contributed by atoms with Crippen molar-refractivity contribution in [2.45, 2.75) is 44.0 Å². The Labute approximate surface area is 131 Å². The lowest BCUT2D eigenvalue weighted by Crippen LogP contribution is -2.34. The summed E-state index contributed by atoms with van der Waals surface area (Å²) in [6.07, 6.45) is 2.49. The van der Waals surface area contributed by atoms with Gasteiger partial charge >= 0.3 is 0 Å². The monoisotopic (exact) mass is 412 g/mol. The van der Waals surface area contributed by atoms with Gasteiger partial charge in [-0.15, -0.1) is 0 Å². The zero-order valence-electron chi connectivity index (χ0n) is 10.9. The maximum absolute atomic E-state index is 12.4. The number of halogens is 2. The Bertz CT molecular complexity index is 524. The molecule has 0 bridgehead atoms. The van der Waals surface area contributed by atoms with Crippen molar-refractivity contribution in [1.82, 2.24) is 4.72 Å². The number of rotatable bonds is 6. The van der Waals surface area contributed by atoms with Gasteiger partial charge < -0.3 is 5.73 Å². The molecule has 0 spiro atoms. The number of hydrogen-bond acceptors (Lipinski definition) is 3. The van der Waals surface area contributed by atoms with Crippen LogP contribution in [-0.2, 0) is 10.0 Å². The van der Waals surface area contributed by atoms with E-state index >= 15 is 0 Å². The van der Waals surface area contributed by atoms with Crippen LogP contribution in [0.3, 0.4) is 0 Å². The lowest BCUT2D eigenvalue weighted by atomic mass is 10.1. The van der Waals surface area contributed by atoms with Crippen LogP contribution in [0.5, 0.6) is 0 Å². The van der Waals surface area contributed by atoms with Gasteiger partial charge in [-0.3, -0.25) is 0 Å². The van der Waals surface area contributed by atoms with Gasteiger partial charge in [0.15, 0.2) is 0 Å². The Balaban J connectivity index is 3.14. The van der Waals surface area contributed by atoms with Gasteiger partial charge in [0.2, 0.25) is 10.0 Å². The van der Waals surface area contributed by atoms with E-state index in [4.69, 9.17) is 5.73 Å². The molecule has 1 aromatic rings. The van der Waals surface area contributed by atoms with Gasteiger partial charge in [0.25, 0.3) is 0 Å². The molecule has 19 heavy (non-hydrogen) atoms. The third-order valence-electron chi connectivity index (χ3n) is 2.76. The van der Waals surface area contributed by atoms with Gasteiger partial charge in [-0.05, 0) is 40.9 Å². The number of benzene rings is 1. The normalized spacial score (nSPS) is 13.5. The van der Waals surface area contributed by atoms with Crippen LogP contribution in [0.15, 0.2) is 26.0 Å². The van der Waals surface area contributed by atoms with Gasteiger partial charge in [0.05, 0.1) is 5.69 Å². The van der Waals surface area contributed by atoms with Crippen LogP contribution in [-0.4, -0.2) is 14.5 Å². The topological polar surface area (TPSA) is 72.2 Å². The lowest BCUT2D eigenvalue weighted by molar-refractivity contribution is 0.512. The number of anilines is 1. The Hall–Kier alpha value is -0.110. The van der Waals surface area contributed by atoms with Gasteiger partial charge in [-0.25, -0.2) is 13.1 Å². The summed E-state index contributed by atoms with van der Waals surface area (Å²) in [4.78, 5) is 0.102. The van der Waals surface area contributed by atoms with Gasteiger partial charge in [0.1, 0.15) is 4.90 Å². The Morgan fingerprint density at radius 2 is 1.95 bits per heavy atom. The van der Waals surface area contributed by atoms with E-state index in [-0.39, 0.29) is 16.6 Å². The van der Waals surface area contributed by atoms with Crippen molar-refractivity contribution in [3.63, 3.8) is 0 Å². The highest BCUT2D eigenvalue weighted by atomic mass is 79.9. The molecule has 0 amide bonds. The van der Waals surface area contributed by atoms with Crippen LogP contribution in [0, 0.1) is 0 Å². The fraction of sp³-hybridized carbons (Fsp3) is 0.500. The summed E-state index contributed by atoms with van der Waals surface area (Å²) >= 11 is 6.53. The molecule has 7 heteroatoms. The molecule has 1 unspecified atom stereocenters. The average molecular weight is 414 g/mol. The summed E-state index contributed by atoms with van der Waals surface area (Å²) in [5, 5.41) is 0. The van der Waals surface area contributed by atoms with E-state index in [9.17, 15) is 8.42 Å². The van der Waals surface area contributed by atoms with E-state index in [1.807, 2.05) is 13.8 Å². The molecule has 0 heterocycles. The molecule has 1 aromatic carbocycles. The SMILES string of the molecule is CCCC(CC)NS(=O)(=O)c1c(N)cc(Br)cc1Br. The quantitative estimate of drug-likeness (QED) is 0.699. The summed E-state index contributed by atoms with van der Waals surface area (Å²) in [5.74, 6) is 0. The number of hydrogen-bond donors (Lipinski definition) is 2. The van der Waals surface area contributed by atoms with Crippen molar-refractivity contribution in [1.29, 1.82) is 0 Å². The minimum atomic E-state index is -3.61. The lowest BCUT2D eigenvalue weighted by Gasteiger charge is -2.18. The third-order valence-corrected chi connectivity index (χ3v) is 5.74. The molecule has 0 radical (unpaired) electrons. The van der Waals surface area contributed by atoms with E-state index in [0.29, 0.717) is 4.47 Å². The van der Waals surface area contributed by atoms with Crippen LogP contribution in [0.25, 0.3) is 0 Å². The summed E-state index contributed by atoms with van der Waals surface area (Å²) in [5.41, 5.74) is 6.04. The zero-order chi connectivity index (χ0) is 14.6. The predicted molar refractivity (Wildman–Crippen MR) is 85.6 cm³/mol. The van der Waals surface area contributed by atoms with E-state index in [2.05, 4.69) is 36.6 Å². The average Bonchev–Trinajstić information content (AvgIpc) is 2.25. The molecule has 1 rings (SSSR count). The molecule has 0 saturated heterocycles. The Morgan fingerprint density at radius 3 is 2.42 bits per heavy atom. The minimum absolute atomic E-state index is 0.0649. The number of nitrogen functional groups attached to an aromatic ring is 1. The van der Waals surface area contributed by atoms with Crippen molar-refractivity contribution >= 4 is 47.6 Å². The van der Waals surface area contributed by atoms with Crippen LogP contribution >= 0.6 is 31.9 Å². The van der Waals surface area contributed by atoms with E-state index in [1.165, 1.54) is 0 Å². The predicted octanol–water partition coefficient (Wildman–Crippen LogP) is 3.65. The van der Waals surface area contributed by atoms with Crippen molar-refractivity contribution in [3.8, 4) is 0 Å². The van der Waals surface area contributed by atoms with Crippen LogP contribution in [0.4, 0.5) is 5.69 Å². The highest BCUT2D eigenvalue weighted by Crippen LogP contribution is 2.31. The Kier molecular flexibility index (Phi) is 6.29. The first-order valence-corrected chi connectivity index (χ1v) is 9.15. The summed E-state index contributed by atoms with van der Waals surface area (Å²) in [6, 6.07) is 3.19. The molecule has 3 N–H and O–H groups in total. The molecule has 0 aliphatic rings. The van der Waals surface area contributed by atoms with Crippen LogP contribution in [0.1, 0.15) is 33.1 Å². The van der Waals surface area contributed by atoms with Crippen molar-refractivity contribution in [2.24, 2.45) is 0 Å². The summed E-state index contributed by atoms with van der Waals surface area (Å²) in [7, 11) is -3.61. The molecular formula is C12H18Br2N2O2S. The molecule has 0 saturated carbocycles. The van der Waals surface area contributed by atoms with Crippen molar-refractivity contribution < 1.29 is 8.42 Å². The fourth-order valence-corrected chi connectivity index (χ4v) is 5.26. The number of nitrogens with two attached hydrogens (primary N) is 1. The Morgan fingerprint density at radius 1 is 1.32 bits per heavy atom. The molecule has 0 aliphatic carbocycles. The zero-order valence-corrected chi connectivity index (χ0v) is 14.9. The van der Waals surface area contributed by atoms with Crippen LogP contribution in [0.2, 0.25) is 0 Å². The van der Waals surface area contributed by atoms with Crippen molar-refractivity contribution in [2.75, 3.05) is 5.73 Å². The van der Waals surface area contributed by atoms with Crippen LogP contribution < -0.4 is 10.5 Å². The second-order valence-electron chi connectivity index (χ2n) is 4.32. The molecule has 0 fully saturated rings. The summed E-state index contributed by atoms with van der Waals surface area (Å²) in [6.45, 7) is 3.99. The smallest absolute Gasteiger partial charge is 0.243 e. The first-order valence-electron chi connectivity index (χ1n) is 6.08. The fourth-order valence-electron chi connectivity index (χ4n) is 1.84. The first-order chi connectivity index (χ1) is 8.81. The van der Waals surface area contributed by atoms with Gasteiger partial charge in [-0.2, -0.15) is 0 Å². The summed E-state index contributed by atoms with van der Waals surface area (Å²) < 4.78 is 28.7. The molecule has 0 aliphatic heterocycles. The molecule has 4 nitrogen and oxygen atoms in total. The first kappa shape index (κ1) is 16.9. The second-order valence-corrected chi connectivity index (χ2v) is 7.74. The molecule has 1 atom stereocenters.